The van der Waals surface area contributed by atoms with Crippen LogP contribution in [0.25, 0.3) is 0 Å². The molecule has 0 fully saturated rings. The van der Waals surface area contributed by atoms with Gasteiger partial charge in [0.2, 0.25) is 0 Å². The molecule has 1 nitrogen and oxygen atoms in total. The van der Waals surface area contributed by atoms with Crippen LogP contribution in [0.1, 0.15) is 5.69 Å². The summed E-state index contributed by atoms with van der Waals surface area (Å²) in [5.74, 6) is 0. The van der Waals surface area contributed by atoms with Gasteiger partial charge in [-0.05, 0) is 28.7 Å². The van der Waals surface area contributed by atoms with Gasteiger partial charge >= 0.3 is 0 Å². The van der Waals surface area contributed by atoms with Crippen LogP contribution in [0.4, 0.5) is 4.39 Å². The number of hydrogen-bond donors (Lipinski definition) is 1. The Kier molecular flexibility index (Phi) is 1.88. The van der Waals surface area contributed by atoms with E-state index in [1.807, 2.05) is 6.07 Å². The Hall–Kier alpha value is -0.0600. The number of aromatic amines is 1. The first-order chi connectivity index (χ1) is 3.84. The summed E-state index contributed by atoms with van der Waals surface area (Å²) in [6.07, 6.45) is 1.73. The van der Waals surface area contributed by atoms with E-state index in [4.69, 9.17) is 0 Å². The molecule has 0 aliphatic carbocycles. The lowest BCUT2D eigenvalue weighted by Gasteiger charge is -1.84. The van der Waals surface area contributed by atoms with Crippen LogP contribution in [-0.4, -0.2) is 4.98 Å². The fourth-order valence-electron chi connectivity index (χ4n) is 0.487. The molecule has 0 bridgehead atoms. The number of rotatable bonds is 1. The first-order valence-electron chi connectivity index (χ1n) is 2.22. The van der Waals surface area contributed by atoms with E-state index in [1.54, 1.807) is 6.20 Å². The van der Waals surface area contributed by atoms with Crippen molar-refractivity contribution in [3.63, 3.8) is 0 Å². The van der Waals surface area contributed by atoms with E-state index in [-0.39, 0.29) is 0 Å². The first kappa shape index (κ1) is 6.07. The Balaban J connectivity index is 2.92. The maximum absolute atomic E-state index is 11.8. The summed E-state index contributed by atoms with van der Waals surface area (Å²) < 4.78 is 12.7. The normalized spacial score (nSPS) is 9.75. The Morgan fingerprint density at radius 3 is 2.75 bits per heavy atom. The van der Waals surface area contributed by atoms with Gasteiger partial charge in [-0.2, -0.15) is 0 Å². The van der Waals surface area contributed by atoms with Gasteiger partial charge in [0.05, 0.1) is 5.69 Å². The van der Waals surface area contributed by atoms with Crippen LogP contribution >= 0.6 is 22.6 Å². The van der Waals surface area contributed by atoms with Gasteiger partial charge in [0, 0.05) is 9.77 Å². The molecule has 1 rings (SSSR count). The van der Waals surface area contributed by atoms with Gasteiger partial charge in [-0.1, -0.05) is 0 Å². The summed E-state index contributed by atoms with van der Waals surface area (Å²) >= 11 is 2.08. The summed E-state index contributed by atoms with van der Waals surface area (Å²) in [5, 5.41) is 0. The predicted molar refractivity (Wildman–Crippen MR) is 38.3 cm³/mol. The highest BCUT2D eigenvalue weighted by Gasteiger charge is 1.95. The van der Waals surface area contributed by atoms with E-state index < -0.39 is 6.67 Å². The van der Waals surface area contributed by atoms with E-state index in [2.05, 4.69) is 27.6 Å². The average molecular weight is 225 g/mol. The maximum atomic E-state index is 11.8. The third-order valence-corrected chi connectivity index (χ3v) is 1.92. The number of hydrogen-bond acceptors (Lipinski definition) is 0. The average Bonchev–Trinajstić information content (AvgIpc) is 2.14. The van der Waals surface area contributed by atoms with Crippen molar-refractivity contribution in [2.24, 2.45) is 0 Å². The van der Waals surface area contributed by atoms with Crippen LogP contribution in [0.5, 0.6) is 0 Å². The van der Waals surface area contributed by atoms with Crippen LogP contribution in [0.15, 0.2) is 12.3 Å². The molecule has 0 saturated carbocycles. The summed E-state index contributed by atoms with van der Waals surface area (Å²) in [7, 11) is 0. The molecule has 1 N–H and O–H groups in total. The second kappa shape index (κ2) is 2.48. The van der Waals surface area contributed by atoms with Crippen LogP contribution in [-0.2, 0) is 6.67 Å². The van der Waals surface area contributed by atoms with Gasteiger partial charge in [-0.3, -0.25) is 0 Å². The fraction of sp³-hybridized carbons (Fsp3) is 0.200. The largest absolute Gasteiger partial charge is 0.362 e. The Morgan fingerprint density at radius 1 is 1.75 bits per heavy atom. The van der Waals surface area contributed by atoms with Gasteiger partial charge in [0.1, 0.15) is 6.67 Å². The van der Waals surface area contributed by atoms with Crippen molar-refractivity contribution in [1.82, 2.24) is 4.98 Å². The smallest absolute Gasteiger partial charge is 0.130 e. The molecule has 0 aliphatic heterocycles. The number of H-pyrrole nitrogens is 1. The standard InChI is InChI=1S/C5H5FIN/c6-3-5-4(7)1-2-8-5/h1-2,8H,3H2. The van der Waals surface area contributed by atoms with Gasteiger partial charge in [0.15, 0.2) is 0 Å². The molecule has 0 atom stereocenters. The minimum Gasteiger partial charge on any atom is -0.362 e. The number of halogens is 2. The van der Waals surface area contributed by atoms with Crippen molar-refractivity contribution in [3.8, 4) is 0 Å². The molecule has 0 aliphatic rings. The highest BCUT2D eigenvalue weighted by Crippen LogP contribution is 2.09. The minimum absolute atomic E-state index is 0.398. The highest BCUT2D eigenvalue weighted by atomic mass is 127. The fourth-order valence-corrected chi connectivity index (χ4v) is 0.967. The molecule has 3 heteroatoms. The second-order valence-electron chi connectivity index (χ2n) is 1.44. The zero-order chi connectivity index (χ0) is 5.98. The van der Waals surface area contributed by atoms with Crippen molar-refractivity contribution in [2.75, 3.05) is 0 Å². The molecule has 0 amide bonds. The Morgan fingerprint density at radius 2 is 2.50 bits per heavy atom. The summed E-state index contributed by atoms with van der Waals surface area (Å²) in [6, 6.07) is 1.84. The van der Waals surface area contributed by atoms with Crippen molar-refractivity contribution in [1.29, 1.82) is 0 Å². The molecular formula is C5H5FIN. The van der Waals surface area contributed by atoms with Crippen molar-refractivity contribution >= 4 is 22.6 Å². The first-order valence-corrected chi connectivity index (χ1v) is 3.30. The molecule has 0 spiro atoms. The van der Waals surface area contributed by atoms with Crippen LogP contribution in [0, 0.1) is 3.57 Å². The topological polar surface area (TPSA) is 15.8 Å². The number of nitrogens with one attached hydrogen (secondary N) is 1. The van der Waals surface area contributed by atoms with Crippen LogP contribution in [0.2, 0.25) is 0 Å². The van der Waals surface area contributed by atoms with E-state index >= 15 is 0 Å². The zero-order valence-electron chi connectivity index (χ0n) is 4.12. The minimum atomic E-state index is -0.398. The van der Waals surface area contributed by atoms with Crippen molar-refractivity contribution in [2.45, 2.75) is 6.67 Å². The second-order valence-corrected chi connectivity index (χ2v) is 2.60. The SMILES string of the molecule is FCc1[nH]ccc1I. The molecule has 0 aromatic carbocycles. The maximum Gasteiger partial charge on any atom is 0.130 e. The molecular weight excluding hydrogens is 220 g/mol. The lowest BCUT2D eigenvalue weighted by molar-refractivity contribution is 0.476. The zero-order valence-corrected chi connectivity index (χ0v) is 6.28. The highest BCUT2D eigenvalue weighted by molar-refractivity contribution is 14.1. The molecule has 1 heterocycles. The van der Waals surface area contributed by atoms with Gasteiger partial charge < -0.3 is 4.98 Å². The van der Waals surface area contributed by atoms with Crippen LogP contribution in [0.3, 0.4) is 0 Å². The Bertz CT molecular complexity index is 173. The molecule has 0 saturated heterocycles. The van der Waals surface area contributed by atoms with Gasteiger partial charge in [-0.25, -0.2) is 4.39 Å². The molecule has 0 radical (unpaired) electrons. The van der Waals surface area contributed by atoms with E-state index in [1.165, 1.54) is 0 Å². The van der Waals surface area contributed by atoms with Crippen molar-refractivity contribution in [3.05, 3.63) is 21.5 Å². The number of alkyl halides is 1. The quantitative estimate of drug-likeness (QED) is 0.704. The lowest BCUT2D eigenvalue weighted by Crippen LogP contribution is -1.78. The van der Waals surface area contributed by atoms with Crippen molar-refractivity contribution < 1.29 is 4.39 Å². The van der Waals surface area contributed by atoms with Gasteiger partial charge in [-0.15, -0.1) is 0 Å². The lowest BCUT2D eigenvalue weighted by atomic mass is 10.5. The third-order valence-electron chi connectivity index (χ3n) is 0.909. The molecule has 44 valence electrons. The van der Waals surface area contributed by atoms with Crippen LogP contribution < -0.4 is 0 Å². The summed E-state index contributed by atoms with van der Waals surface area (Å²) in [6.45, 7) is -0.398. The van der Waals surface area contributed by atoms with Gasteiger partial charge in [0.25, 0.3) is 0 Å². The molecule has 0 unspecified atom stereocenters. The van der Waals surface area contributed by atoms with E-state index in [0.717, 1.165) is 3.57 Å². The van der Waals surface area contributed by atoms with E-state index in [9.17, 15) is 4.39 Å². The molecule has 1 aromatic rings. The number of aromatic nitrogens is 1. The molecule has 1 aromatic heterocycles. The Labute approximate surface area is 60.4 Å². The predicted octanol–water partition coefficient (Wildman–Crippen LogP) is 2.09. The third kappa shape index (κ3) is 1.02. The monoisotopic (exact) mass is 225 g/mol. The van der Waals surface area contributed by atoms with E-state index in [0.29, 0.717) is 5.69 Å². The summed E-state index contributed by atoms with van der Waals surface area (Å²) in [4.78, 5) is 2.77. The molecule has 8 heavy (non-hydrogen) atoms. The summed E-state index contributed by atoms with van der Waals surface area (Å²) in [5.41, 5.74) is 0.672.